The molecule has 0 saturated heterocycles. The van der Waals surface area contributed by atoms with Gasteiger partial charge in [0.15, 0.2) is 5.96 Å². The van der Waals surface area contributed by atoms with Crippen molar-refractivity contribution in [3.63, 3.8) is 0 Å². The lowest BCUT2D eigenvalue weighted by Gasteiger charge is -2.03. The molecule has 0 saturated carbocycles. The highest BCUT2D eigenvalue weighted by molar-refractivity contribution is 14.1. The van der Waals surface area contributed by atoms with Gasteiger partial charge in [0.05, 0.1) is 12.6 Å². The van der Waals surface area contributed by atoms with Gasteiger partial charge in [0.25, 0.3) is 0 Å². The minimum absolute atomic E-state index is 0.482. The van der Waals surface area contributed by atoms with E-state index in [-0.39, 0.29) is 0 Å². The van der Waals surface area contributed by atoms with Gasteiger partial charge in [0.1, 0.15) is 0 Å². The predicted molar refractivity (Wildman–Crippen MR) is 42.3 cm³/mol. The number of alkyl halides is 1. The van der Waals surface area contributed by atoms with Crippen LogP contribution in [0.1, 0.15) is 0 Å². The lowest BCUT2D eigenvalue weighted by molar-refractivity contribution is 0.744. The number of nitrogens with zero attached hydrogens (tertiary/aromatic N) is 1. The Bertz CT molecular complexity index is 112. The Balaban J connectivity index is 2.32. The van der Waals surface area contributed by atoms with E-state index in [9.17, 15) is 0 Å². The Labute approximate surface area is 61.9 Å². The fourth-order valence-corrected chi connectivity index (χ4v) is 1.10. The molecule has 1 atom stereocenters. The van der Waals surface area contributed by atoms with Crippen molar-refractivity contribution < 1.29 is 0 Å². The highest BCUT2D eigenvalue weighted by atomic mass is 127. The molecule has 3 N–H and O–H groups in total. The summed E-state index contributed by atoms with van der Waals surface area (Å²) in [6.07, 6.45) is 0. The maximum atomic E-state index is 5.34. The van der Waals surface area contributed by atoms with Gasteiger partial charge in [0, 0.05) is 4.43 Å². The Morgan fingerprint density at radius 3 is 3.00 bits per heavy atom. The van der Waals surface area contributed by atoms with E-state index < -0.39 is 0 Å². The minimum Gasteiger partial charge on any atom is -0.370 e. The first-order chi connectivity index (χ1) is 3.83. The third-order valence-corrected chi connectivity index (χ3v) is 2.08. The number of hydrogen-bond donors (Lipinski definition) is 2. The maximum Gasteiger partial charge on any atom is 0.188 e. The van der Waals surface area contributed by atoms with E-state index in [0.717, 1.165) is 11.0 Å². The standard InChI is InChI=1S/C4H8IN3/c5-1-3-2-7-4(6)8-3/h3H,1-2H2,(H3,6,7,8). The van der Waals surface area contributed by atoms with Gasteiger partial charge in [0.2, 0.25) is 0 Å². The monoisotopic (exact) mass is 225 g/mol. The number of nitrogens with two attached hydrogens (primary N) is 1. The molecular weight excluding hydrogens is 217 g/mol. The van der Waals surface area contributed by atoms with Crippen LogP contribution in [-0.2, 0) is 0 Å². The first-order valence-electron chi connectivity index (χ1n) is 2.45. The van der Waals surface area contributed by atoms with Gasteiger partial charge in [-0.15, -0.1) is 0 Å². The normalized spacial score (nSPS) is 27.1. The van der Waals surface area contributed by atoms with Crippen LogP contribution in [0.3, 0.4) is 0 Å². The quantitative estimate of drug-likeness (QED) is 0.475. The van der Waals surface area contributed by atoms with Crippen LogP contribution in [0.4, 0.5) is 0 Å². The topological polar surface area (TPSA) is 50.4 Å². The average molecular weight is 225 g/mol. The second kappa shape index (κ2) is 2.52. The summed E-state index contributed by atoms with van der Waals surface area (Å²) in [6, 6.07) is 0.482. The molecule has 4 heteroatoms. The molecule has 1 unspecified atom stereocenters. The van der Waals surface area contributed by atoms with Crippen LogP contribution in [0.25, 0.3) is 0 Å². The summed E-state index contributed by atoms with van der Waals surface area (Å²) in [5.41, 5.74) is 5.34. The third-order valence-electron chi connectivity index (χ3n) is 1.02. The number of halogens is 1. The van der Waals surface area contributed by atoms with Crippen molar-refractivity contribution in [2.24, 2.45) is 10.7 Å². The summed E-state index contributed by atoms with van der Waals surface area (Å²) in [7, 11) is 0. The molecule has 1 aliphatic rings. The lowest BCUT2D eigenvalue weighted by atomic mass is 10.4. The SMILES string of the molecule is NC1=NCC(CI)N1. The van der Waals surface area contributed by atoms with Crippen LogP contribution in [0, 0.1) is 0 Å². The smallest absolute Gasteiger partial charge is 0.188 e. The number of aliphatic imine (C=N–C) groups is 1. The fraction of sp³-hybridized carbons (Fsp3) is 0.750. The van der Waals surface area contributed by atoms with E-state index >= 15 is 0 Å². The van der Waals surface area contributed by atoms with Gasteiger partial charge in [-0.2, -0.15) is 0 Å². The molecule has 8 heavy (non-hydrogen) atoms. The van der Waals surface area contributed by atoms with Crippen LogP contribution < -0.4 is 11.1 Å². The maximum absolute atomic E-state index is 5.34. The summed E-state index contributed by atoms with van der Waals surface area (Å²) in [6.45, 7) is 0.842. The molecule has 1 heterocycles. The molecule has 0 aromatic rings. The van der Waals surface area contributed by atoms with Gasteiger partial charge < -0.3 is 11.1 Å². The molecule has 1 rings (SSSR count). The molecule has 0 aromatic heterocycles. The molecule has 0 aliphatic carbocycles. The molecule has 3 nitrogen and oxygen atoms in total. The van der Waals surface area contributed by atoms with E-state index in [2.05, 4.69) is 32.9 Å². The molecule has 0 bridgehead atoms. The fourth-order valence-electron chi connectivity index (χ4n) is 0.596. The molecule has 0 aromatic carbocycles. The zero-order chi connectivity index (χ0) is 5.98. The Morgan fingerprint density at radius 1 is 2.00 bits per heavy atom. The summed E-state index contributed by atoms with van der Waals surface area (Å²) < 4.78 is 1.07. The largest absolute Gasteiger partial charge is 0.370 e. The van der Waals surface area contributed by atoms with Crippen molar-refractivity contribution in [1.29, 1.82) is 0 Å². The van der Waals surface area contributed by atoms with Crippen LogP contribution in [0.5, 0.6) is 0 Å². The zero-order valence-electron chi connectivity index (χ0n) is 4.39. The first-order valence-corrected chi connectivity index (χ1v) is 3.98. The molecule has 46 valence electrons. The summed E-state index contributed by atoms with van der Waals surface area (Å²) >= 11 is 2.31. The average Bonchev–Trinajstić information content (AvgIpc) is 2.14. The van der Waals surface area contributed by atoms with Crippen molar-refractivity contribution >= 4 is 28.6 Å². The number of guanidine groups is 1. The van der Waals surface area contributed by atoms with E-state index in [1.165, 1.54) is 0 Å². The van der Waals surface area contributed by atoms with Gasteiger partial charge in [-0.25, -0.2) is 0 Å². The molecule has 0 radical (unpaired) electrons. The second-order valence-corrected chi connectivity index (χ2v) is 2.60. The Morgan fingerprint density at radius 2 is 2.75 bits per heavy atom. The van der Waals surface area contributed by atoms with E-state index in [0.29, 0.717) is 12.0 Å². The first kappa shape index (κ1) is 6.12. The van der Waals surface area contributed by atoms with Gasteiger partial charge >= 0.3 is 0 Å². The van der Waals surface area contributed by atoms with Gasteiger partial charge in [-0.1, -0.05) is 22.6 Å². The predicted octanol–water partition coefficient (Wildman–Crippen LogP) is -0.292. The van der Waals surface area contributed by atoms with E-state index in [1.807, 2.05) is 0 Å². The van der Waals surface area contributed by atoms with Crippen molar-refractivity contribution in [2.75, 3.05) is 11.0 Å². The van der Waals surface area contributed by atoms with Crippen molar-refractivity contribution in [3.8, 4) is 0 Å². The van der Waals surface area contributed by atoms with Crippen molar-refractivity contribution in [3.05, 3.63) is 0 Å². The minimum atomic E-state index is 0.482. The van der Waals surface area contributed by atoms with Gasteiger partial charge in [-0.05, 0) is 0 Å². The molecule has 1 aliphatic heterocycles. The lowest BCUT2D eigenvalue weighted by Crippen LogP contribution is -2.35. The summed E-state index contributed by atoms with van der Waals surface area (Å²) in [4.78, 5) is 3.97. The molecular formula is C4H8IN3. The van der Waals surface area contributed by atoms with Crippen LogP contribution >= 0.6 is 22.6 Å². The van der Waals surface area contributed by atoms with Crippen LogP contribution in [0.2, 0.25) is 0 Å². The summed E-state index contributed by atoms with van der Waals surface area (Å²) in [5, 5.41) is 3.02. The van der Waals surface area contributed by atoms with E-state index in [4.69, 9.17) is 5.73 Å². The highest BCUT2D eigenvalue weighted by Crippen LogP contribution is 1.96. The van der Waals surface area contributed by atoms with Crippen molar-refractivity contribution in [2.45, 2.75) is 6.04 Å². The van der Waals surface area contributed by atoms with Gasteiger partial charge in [-0.3, -0.25) is 4.99 Å². The third kappa shape index (κ3) is 1.24. The highest BCUT2D eigenvalue weighted by Gasteiger charge is 2.11. The zero-order valence-corrected chi connectivity index (χ0v) is 6.55. The number of hydrogen-bond acceptors (Lipinski definition) is 3. The van der Waals surface area contributed by atoms with Crippen molar-refractivity contribution in [1.82, 2.24) is 5.32 Å². The molecule has 0 spiro atoms. The number of nitrogens with one attached hydrogen (secondary N) is 1. The number of rotatable bonds is 1. The summed E-state index contributed by atoms with van der Waals surface area (Å²) in [5.74, 6) is 0.590. The molecule has 0 amide bonds. The van der Waals surface area contributed by atoms with Crippen LogP contribution in [0.15, 0.2) is 4.99 Å². The Hall–Kier alpha value is -0.0000000000000000555. The molecule has 0 fully saturated rings. The second-order valence-electron chi connectivity index (χ2n) is 1.72. The van der Waals surface area contributed by atoms with E-state index in [1.54, 1.807) is 0 Å². The Kier molecular flexibility index (Phi) is 1.93. The van der Waals surface area contributed by atoms with Crippen LogP contribution in [-0.4, -0.2) is 23.0 Å².